The summed E-state index contributed by atoms with van der Waals surface area (Å²) in [6, 6.07) is 18.9. The first-order valence-corrected chi connectivity index (χ1v) is 8.96. The zero-order chi connectivity index (χ0) is 20.8. The van der Waals surface area contributed by atoms with E-state index in [0.29, 0.717) is 22.8 Å². The number of nitriles is 1. The smallest absolute Gasteiger partial charge is 0.335 e. The fraction of sp³-hybridized carbons (Fsp3) is 0.0870. The van der Waals surface area contributed by atoms with E-state index < -0.39 is 11.9 Å². The van der Waals surface area contributed by atoms with Crippen LogP contribution in [-0.4, -0.2) is 17.0 Å². The van der Waals surface area contributed by atoms with Gasteiger partial charge in [0.15, 0.2) is 0 Å². The molecule has 2 aromatic carbocycles. The predicted molar refractivity (Wildman–Crippen MR) is 109 cm³/mol. The summed E-state index contributed by atoms with van der Waals surface area (Å²) in [5.41, 5.74) is 2.53. The van der Waals surface area contributed by atoms with Crippen LogP contribution in [0.1, 0.15) is 28.6 Å². The SMILES string of the molecule is CCc1ccc(NC(=O)/C(C#N)=C/c2ccc(-c3ccc(C(=O)O)cc3)o2)cc1. The van der Waals surface area contributed by atoms with Crippen LogP contribution in [0.25, 0.3) is 17.4 Å². The van der Waals surface area contributed by atoms with Crippen molar-refractivity contribution in [1.82, 2.24) is 0 Å². The Hall–Kier alpha value is -4.11. The summed E-state index contributed by atoms with van der Waals surface area (Å²) in [7, 11) is 0. The first kappa shape index (κ1) is 19.6. The second kappa shape index (κ2) is 8.72. The van der Waals surface area contributed by atoms with Crippen molar-refractivity contribution in [3.8, 4) is 17.4 Å². The minimum atomic E-state index is -1.01. The third-order valence-electron chi connectivity index (χ3n) is 4.31. The molecule has 29 heavy (non-hydrogen) atoms. The third-order valence-corrected chi connectivity index (χ3v) is 4.31. The molecule has 6 heteroatoms. The van der Waals surface area contributed by atoms with Crippen molar-refractivity contribution in [2.24, 2.45) is 0 Å². The van der Waals surface area contributed by atoms with E-state index in [1.165, 1.54) is 18.2 Å². The maximum Gasteiger partial charge on any atom is 0.335 e. The normalized spacial score (nSPS) is 11.0. The second-order valence-corrected chi connectivity index (χ2v) is 6.26. The monoisotopic (exact) mass is 386 g/mol. The molecule has 0 saturated carbocycles. The van der Waals surface area contributed by atoms with Gasteiger partial charge in [-0.05, 0) is 48.4 Å². The van der Waals surface area contributed by atoms with Crippen LogP contribution in [0.5, 0.6) is 0 Å². The fourth-order valence-corrected chi connectivity index (χ4v) is 2.68. The number of carboxylic acid groups (broad SMARTS) is 1. The number of aromatic carboxylic acids is 1. The Morgan fingerprint density at radius 1 is 1.07 bits per heavy atom. The molecule has 1 heterocycles. The summed E-state index contributed by atoms with van der Waals surface area (Å²) in [5, 5.41) is 21.0. The average Bonchev–Trinajstić information content (AvgIpc) is 3.21. The first-order valence-electron chi connectivity index (χ1n) is 8.96. The molecule has 144 valence electrons. The quantitative estimate of drug-likeness (QED) is 0.470. The lowest BCUT2D eigenvalue weighted by atomic mass is 10.1. The Kier molecular flexibility index (Phi) is 5.91. The van der Waals surface area contributed by atoms with E-state index >= 15 is 0 Å². The predicted octanol–water partition coefficient (Wildman–Crippen LogP) is 4.75. The molecule has 0 aliphatic heterocycles. The van der Waals surface area contributed by atoms with Gasteiger partial charge in [0, 0.05) is 17.3 Å². The van der Waals surface area contributed by atoms with Gasteiger partial charge in [0.1, 0.15) is 23.2 Å². The van der Waals surface area contributed by atoms with E-state index in [1.807, 2.05) is 25.1 Å². The van der Waals surface area contributed by atoms with Crippen molar-refractivity contribution in [2.45, 2.75) is 13.3 Å². The molecule has 0 radical (unpaired) electrons. The second-order valence-electron chi connectivity index (χ2n) is 6.26. The van der Waals surface area contributed by atoms with E-state index in [4.69, 9.17) is 9.52 Å². The lowest BCUT2D eigenvalue weighted by Gasteiger charge is -2.05. The van der Waals surface area contributed by atoms with Crippen molar-refractivity contribution in [3.05, 3.63) is 83.1 Å². The molecular weight excluding hydrogens is 368 g/mol. The highest BCUT2D eigenvalue weighted by Crippen LogP contribution is 2.24. The van der Waals surface area contributed by atoms with Crippen molar-refractivity contribution in [2.75, 3.05) is 5.32 Å². The number of furan rings is 1. The van der Waals surface area contributed by atoms with Gasteiger partial charge in [0.25, 0.3) is 5.91 Å². The van der Waals surface area contributed by atoms with Gasteiger partial charge >= 0.3 is 5.97 Å². The molecule has 0 aliphatic rings. The zero-order valence-corrected chi connectivity index (χ0v) is 15.7. The van der Waals surface area contributed by atoms with E-state index in [0.717, 1.165) is 12.0 Å². The molecule has 0 unspecified atom stereocenters. The first-order chi connectivity index (χ1) is 14.0. The highest BCUT2D eigenvalue weighted by atomic mass is 16.4. The van der Waals surface area contributed by atoms with Crippen molar-refractivity contribution < 1.29 is 19.1 Å². The maximum absolute atomic E-state index is 12.4. The summed E-state index contributed by atoms with van der Waals surface area (Å²) in [4.78, 5) is 23.3. The molecule has 1 amide bonds. The Morgan fingerprint density at radius 2 is 1.76 bits per heavy atom. The molecule has 2 N–H and O–H groups in total. The average molecular weight is 386 g/mol. The van der Waals surface area contributed by atoms with E-state index in [9.17, 15) is 14.9 Å². The molecule has 0 bridgehead atoms. The van der Waals surface area contributed by atoms with E-state index in [-0.39, 0.29) is 11.1 Å². The van der Waals surface area contributed by atoms with Gasteiger partial charge in [-0.15, -0.1) is 0 Å². The number of hydrogen-bond acceptors (Lipinski definition) is 4. The minimum Gasteiger partial charge on any atom is -0.478 e. The van der Waals surface area contributed by atoms with Crippen LogP contribution in [-0.2, 0) is 11.2 Å². The molecule has 0 atom stereocenters. The number of nitrogens with one attached hydrogen (secondary N) is 1. The van der Waals surface area contributed by atoms with Crippen molar-refractivity contribution >= 4 is 23.6 Å². The van der Waals surface area contributed by atoms with Gasteiger partial charge in [0.05, 0.1) is 5.56 Å². The molecule has 0 spiro atoms. The van der Waals surface area contributed by atoms with Gasteiger partial charge in [-0.3, -0.25) is 4.79 Å². The number of aryl methyl sites for hydroxylation is 1. The minimum absolute atomic E-state index is 0.0910. The molecule has 0 fully saturated rings. The summed E-state index contributed by atoms with van der Waals surface area (Å²) in [6.07, 6.45) is 2.27. The van der Waals surface area contributed by atoms with Gasteiger partial charge in [-0.25, -0.2) is 4.79 Å². The van der Waals surface area contributed by atoms with Gasteiger partial charge in [-0.2, -0.15) is 5.26 Å². The van der Waals surface area contributed by atoms with E-state index in [1.54, 1.807) is 36.4 Å². The van der Waals surface area contributed by atoms with E-state index in [2.05, 4.69) is 5.32 Å². The highest BCUT2D eigenvalue weighted by Gasteiger charge is 2.12. The van der Waals surface area contributed by atoms with Gasteiger partial charge in [-0.1, -0.05) is 31.2 Å². The van der Waals surface area contributed by atoms with Crippen LogP contribution < -0.4 is 5.32 Å². The van der Waals surface area contributed by atoms with Crippen LogP contribution in [0.3, 0.4) is 0 Å². The summed E-state index contributed by atoms with van der Waals surface area (Å²) >= 11 is 0. The zero-order valence-electron chi connectivity index (χ0n) is 15.7. The summed E-state index contributed by atoms with van der Waals surface area (Å²) in [6.45, 7) is 2.04. The van der Waals surface area contributed by atoms with Crippen LogP contribution in [0.15, 0.2) is 70.7 Å². The standard InChI is InChI=1S/C23H18N2O4/c1-2-15-3-9-19(10-4-15)25-22(26)18(14-24)13-20-11-12-21(29-20)16-5-7-17(8-6-16)23(27)28/h3-13H,2H2,1H3,(H,25,26)(H,27,28)/b18-13+. The Balaban J connectivity index is 1.76. The number of carbonyl (C=O) groups excluding carboxylic acids is 1. The molecule has 3 aromatic rings. The highest BCUT2D eigenvalue weighted by molar-refractivity contribution is 6.09. The Morgan fingerprint density at radius 3 is 2.34 bits per heavy atom. The number of rotatable bonds is 6. The van der Waals surface area contributed by atoms with Crippen LogP contribution in [0, 0.1) is 11.3 Å². The lowest BCUT2D eigenvalue weighted by Crippen LogP contribution is -2.13. The molecule has 0 aliphatic carbocycles. The van der Waals surface area contributed by atoms with Crippen LogP contribution in [0.2, 0.25) is 0 Å². The van der Waals surface area contributed by atoms with Gasteiger partial charge < -0.3 is 14.8 Å². The summed E-state index contributed by atoms with van der Waals surface area (Å²) in [5.74, 6) is -0.689. The number of amides is 1. The number of hydrogen-bond donors (Lipinski definition) is 2. The van der Waals surface area contributed by atoms with Crippen molar-refractivity contribution in [1.29, 1.82) is 5.26 Å². The molecule has 6 nitrogen and oxygen atoms in total. The number of anilines is 1. The maximum atomic E-state index is 12.4. The Bertz CT molecular complexity index is 1100. The topological polar surface area (TPSA) is 103 Å². The molecule has 0 saturated heterocycles. The number of benzene rings is 2. The number of carbonyl (C=O) groups is 2. The van der Waals surface area contributed by atoms with Gasteiger partial charge in [0.2, 0.25) is 0 Å². The van der Waals surface area contributed by atoms with Crippen LogP contribution in [0.4, 0.5) is 5.69 Å². The largest absolute Gasteiger partial charge is 0.478 e. The van der Waals surface area contributed by atoms with Crippen LogP contribution >= 0.6 is 0 Å². The third kappa shape index (κ3) is 4.79. The number of carboxylic acids is 1. The summed E-state index contributed by atoms with van der Waals surface area (Å²) < 4.78 is 5.68. The molecule has 1 aromatic heterocycles. The molecular formula is C23H18N2O4. The lowest BCUT2D eigenvalue weighted by molar-refractivity contribution is -0.112. The number of nitrogens with zero attached hydrogens (tertiary/aromatic N) is 1. The fourth-order valence-electron chi connectivity index (χ4n) is 2.68. The Labute approximate surface area is 167 Å². The molecule has 3 rings (SSSR count). The van der Waals surface area contributed by atoms with Crippen molar-refractivity contribution in [3.63, 3.8) is 0 Å².